The van der Waals surface area contributed by atoms with Crippen LogP contribution in [0.15, 0.2) is 54.6 Å². The predicted octanol–water partition coefficient (Wildman–Crippen LogP) is 1.02. The number of benzene rings is 2. The summed E-state index contributed by atoms with van der Waals surface area (Å²) in [4.78, 5) is 23.2. The van der Waals surface area contributed by atoms with E-state index in [9.17, 15) is 19.8 Å². The highest BCUT2D eigenvalue weighted by Crippen LogP contribution is 2.26. The van der Waals surface area contributed by atoms with Gasteiger partial charge in [-0.2, -0.15) is 0 Å². The molecule has 6 nitrogen and oxygen atoms in total. The van der Waals surface area contributed by atoms with Crippen LogP contribution in [0.4, 0.5) is 0 Å². The Morgan fingerprint density at radius 1 is 1.21 bits per heavy atom. The molecular weight excluding hydrogens is 310 g/mol. The Hall–Kier alpha value is -3.28. The number of nitrogens with one attached hydrogen (secondary N) is 1. The maximum atomic E-state index is 12.0. The molecule has 0 aliphatic carbocycles. The van der Waals surface area contributed by atoms with Gasteiger partial charge in [0, 0.05) is 6.08 Å². The molecule has 2 N–H and O–H groups in total. The number of phenols is 1. The van der Waals surface area contributed by atoms with Gasteiger partial charge in [0.1, 0.15) is 0 Å². The van der Waals surface area contributed by atoms with Crippen molar-refractivity contribution in [2.45, 2.75) is 6.04 Å². The molecule has 0 aliphatic rings. The number of hydrogen-bond donors (Lipinski definition) is 2. The molecule has 2 rings (SSSR count). The molecule has 0 aliphatic heterocycles. The van der Waals surface area contributed by atoms with Crippen LogP contribution < -0.4 is 15.2 Å². The number of carbonyl (C=O) groups is 2. The third-order valence-corrected chi connectivity index (χ3v) is 3.29. The van der Waals surface area contributed by atoms with Gasteiger partial charge >= 0.3 is 0 Å². The Morgan fingerprint density at radius 3 is 2.54 bits per heavy atom. The van der Waals surface area contributed by atoms with Crippen molar-refractivity contribution in [2.24, 2.45) is 0 Å². The number of carboxylic acid groups (broad SMARTS) is 1. The van der Waals surface area contributed by atoms with E-state index in [1.165, 1.54) is 25.3 Å². The minimum atomic E-state index is -1.39. The first-order valence-electron chi connectivity index (χ1n) is 7.12. The highest BCUT2D eigenvalue weighted by atomic mass is 16.5. The zero-order valence-electron chi connectivity index (χ0n) is 12.9. The van der Waals surface area contributed by atoms with Crippen LogP contribution in [0, 0.1) is 0 Å². The van der Waals surface area contributed by atoms with E-state index in [2.05, 4.69) is 5.32 Å². The van der Waals surface area contributed by atoms with Crippen LogP contribution in [0.25, 0.3) is 6.08 Å². The number of hydrogen-bond acceptors (Lipinski definition) is 5. The molecule has 6 heteroatoms. The summed E-state index contributed by atoms with van der Waals surface area (Å²) in [5, 5.41) is 23.1. The molecule has 0 heterocycles. The van der Waals surface area contributed by atoms with E-state index in [1.54, 1.807) is 42.5 Å². The van der Waals surface area contributed by atoms with Gasteiger partial charge in [-0.1, -0.05) is 36.4 Å². The standard InChI is InChI=1S/C18H17NO5/c1-24-15-11-12(7-9-14(15)20)8-10-16(21)19-17(18(22)23)13-5-3-2-4-6-13/h2-11,17,20H,1H3,(H,19,21)(H,22,23)/p-1/b10-8+/t17-/m0/s1. The molecule has 1 atom stereocenters. The first-order valence-corrected chi connectivity index (χ1v) is 7.12. The molecule has 1 amide bonds. The Kier molecular flexibility index (Phi) is 5.57. The van der Waals surface area contributed by atoms with E-state index in [4.69, 9.17) is 4.74 Å². The van der Waals surface area contributed by atoms with Crippen molar-refractivity contribution in [3.05, 3.63) is 65.7 Å². The second-order valence-corrected chi connectivity index (χ2v) is 4.94. The zero-order chi connectivity index (χ0) is 17.5. The summed E-state index contributed by atoms with van der Waals surface area (Å²) < 4.78 is 4.98. The molecule has 2 aromatic carbocycles. The number of carbonyl (C=O) groups excluding carboxylic acids is 2. The lowest BCUT2D eigenvalue weighted by atomic mass is 10.1. The molecule has 0 bridgehead atoms. The van der Waals surface area contributed by atoms with Crippen molar-refractivity contribution in [3.8, 4) is 11.5 Å². The highest BCUT2D eigenvalue weighted by Gasteiger charge is 2.14. The SMILES string of the molecule is COc1cc(/C=C/C(=O)N[C@H](C(=O)[O-])c2ccccc2)ccc1O. The summed E-state index contributed by atoms with van der Waals surface area (Å²) in [6.45, 7) is 0. The third-order valence-electron chi connectivity index (χ3n) is 3.29. The van der Waals surface area contributed by atoms with Gasteiger partial charge in [-0.15, -0.1) is 0 Å². The van der Waals surface area contributed by atoms with E-state index in [-0.39, 0.29) is 11.5 Å². The van der Waals surface area contributed by atoms with Crippen molar-refractivity contribution in [2.75, 3.05) is 7.11 Å². The van der Waals surface area contributed by atoms with E-state index in [0.29, 0.717) is 11.1 Å². The summed E-state index contributed by atoms with van der Waals surface area (Å²) in [7, 11) is 1.42. The van der Waals surface area contributed by atoms with E-state index >= 15 is 0 Å². The third kappa shape index (κ3) is 4.36. The average molecular weight is 326 g/mol. The maximum Gasteiger partial charge on any atom is 0.244 e. The molecule has 0 radical (unpaired) electrons. The van der Waals surface area contributed by atoms with Crippen LogP contribution in [0.2, 0.25) is 0 Å². The van der Waals surface area contributed by atoms with Crippen LogP contribution in [0.5, 0.6) is 11.5 Å². The summed E-state index contributed by atoms with van der Waals surface area (Å²) >= 11 is 0. The Bertz CT molecular complexity index is 755. The van der Waals surface area contributed by atoms with Gasteiger partial charge in [-0.05, 0) is 29.3 Å². The minimum absolute atomic E-state index is 0.0137. The quantitative estimate of drug-likeness (QED) is 0.772. The van der Waals surface area contributed by atoms with E-state index in [1.807, 2.05) is 0 Å². The fourth-order valence-corrected chi connectivity index (χ4v) is 2.08. The molecule has 0 aromatic heterocycles. The molecule has 0 spiro atoms. The maximum absolute atomic E-state index is 12.0. The van der Waals surface area contributed by atoms with Crippen LogP contribution in [0.3, 0.4) is 0 Å². The Balaban J connectivity index is 2.10. The normalized spacial score (nSPS) is 11.9. The molecule has 0 saturated carbocycles. The van der Waals surface area contributed by atoms with Crippen LogP contribution in [0.1, 0.15) is 17.2 Å². The second-order valence-electron chi connectivity index (χ2n) is 4.94. The fourth-order valence-electron chi connectivity index (χ4n) is 2.08. The number of phenolic OH excluding ortho intramolecular Hbond substituents is 1. The van der Waals surface area contributed by atoms with Crippen molar-refractivity contribution in [1.82, 2.24) is 5.32 Å². The number of ether oxygens (including phenoxy) is 1. The summed E-state index contributed by atoms with van der Waals surface area (Å²) in [5.74, 6) is -1.72. The first-order chi connectivity index (χ1) is 11.5. The van der Waals surface area contributed by atoms with Crippen molar-refractivity contribution < 1.29 is 24.5 Å². The first kappa shape index (κ1) is 17.1. The van der Waals surface area contributed by atoms with Gasteiger partial charge in [0.2, 0.25) is 5.91 Å². The van der Waals surface area contributed by atoms with Crippen LogP contribution >= 0.6 is 0 Å². The van der Waals surface area contributed by atoms with E-state index in [0.717, 1.165) is 0 Å². The van der Waals surface area contributed by atoms with Crippen LogP contribution in [-0.4, -0.2) is 24.1 Å². The number of amides is 1. The summed E-state index contributed by atoms with van der Waals surface area (Å²) in [6, 6.07) is 11.6. The lowest BCUT2D eigenvalue weighted by Crippen LogP contribution is -2.40. The van der Waals surface area contributed by atoms with E-state index < -0.39 is 17.9 Å². The number of rotatable bonds is 6. The summed E-state index contributed by atoms with van der Waals surface area (Å²) in [6.07, 6.45) is 2.68. The number of methoxy groups -OCH3 is 1. The smallest absolute Gasteiger partial charge is 0.244 e. The van der Waals surface area contributed by atoms with Gasteiger partial charge < -0.3 is 25.1 Å². The average Bonchev–Trinajstić information content (AvgIpc) is 2.59. The Labute approximate surface area is 139 Å². The Morgan fingerprint density at radius 2 is 1.92 bits per heavy atom. The molecule has 0 saturated heterocycles. The molecule has 24 heavy (non-hydrogen) atoms. The lowest BCUT2D eigenvalue weighted by Gasteiger charge is -2.19. The summed E-state index contributed by atoms with van der Waals surface area (Å²) in [5.41, 5.74) is 1.04. The van der Waals surface area contributed by atoms with Crippen molar-refractivity contribution >= 4 is 18.0 Å². The van der Waals surface area contributed by atoms with Gasteiger partial charge in [0.25, 0.3) is 0 Å². The molecule has 0 fully saturated rings. The molecule has 0 unspecified atom stereocenters. The highest BCUT2D eigenvalue weighted by molar-refractivity contribution is 5.94. The van der Waals surface area contributed by atoms with Gasteiger partial charge in [-0.25, -0.2) is 0 Å². The molecule has 2 aromatic rings. The fraction of sp³-hybridized carbons (Fsp3) is 0.111. The minimum Gasteiger partial charge on any atom is -0.548 e. The molecule has 124 valence electrons. The van der Waals surface area contributed by atoms with Crippen molar-refractivity contribution in [3.63, 3.8) is 0 Å². The van der Waals surface area contributed by atoms with Crippen LogP contribution in [-0.2, 0) is 9.59 Å². The van der Waals surface area contributed by atoms with Gasteiger partial charge in [-0.3, -0.25) is 4.79 Å². The van der Waals surface area contributed by atoms with Crippen molar-refractivity contribution in [1.29, 1.82) is 0 Å². The monoisotopic (exact) mass is 326 g/mol. The lowest BCUT2D eigenvalue weighted by molar-refractivity contribution is -0.308. The number of aliphatic carboxylic acids is 1. The second kappa shape index (κ2) is 7.82. The molecular formula is C18H16NO5-. The largest absolute Gasteiger partial charge is 0.548 e. The zero-order valence-corrected chi connectivity index (χ0v) is 12.9. The predicted molar refractivity (Wildman–Crippen MR) is 86.0 cm³/mol. The number of carboxylic acids is 1. The van der Waals surface area contributed by atoms with Gasteiger partial charge in [0.15, 0.2) is 11.5 Å². The number of aromatic hydroxyl groups is 1. The van der Waals surface area contributed by atoms with Gasteiger partial charge in [0.05, 0.1) is 19.1 Å². The topological polar surface area (TPSA) is 98.7 Å².